The van der Waals surface area contributed by atoms with E-state index in [0.29, 0.717) is 19.8 Å². The standard InChI is InChI=1S/C19H19F2N3O4/c20-11-2-1-3-12(21)14(11)16-18(27)17(26)15-13(9-25)23-24(19(15)22-16)8-10-4-6-28-7-5-10/h1-3,10,25,27H,4-9H2,(H,22,26). The van der Waals surface area contributed by atoms with Crippen LogP contribution < -0.4 is 5.43 Å². The number of fused-ring (bicyclic) bond motifs is 1. The summed E-state index contributed by atoms with van der Waals surface area (Å²) in [6.07, 6.45) is 1.62. The molecule has 3 aromatic rings. The van der Waals surface area contributed by atoms with E-state index in [-0.39, 0.29) is 28.3 Å². The Morgan fingerprint density at radius 1 is 1.25 bits per heavy atom. The fourth-order valence-corrected chi connectivity index (χ4v) is 3.62. The number of nitrogens with zero attached hydrogens (tertiary/aromatic N) is 2. The van der Waals surface area contributed by atoms with E-state index in [1.54, 1.807) is 0 Å². The first-order valence-corrected chi connectivity index (χ1v) is 8.99. The molecular formula is C19H19F2N3O4. The minimum Gasteiger partial charge on any atom is -0.503 e. The quantitative estimate of drug-likeness (QED) is 0.634. The van der Waals surface area contributed by atoms with Gasteiger partial charge < -0.3 is 19.9 Å². The maximum Gasteiger partial charge on any atom is 0.235 e. The van der Waals surface area contributed by atoms with E-state index in [2.05, 4.69) is 10.1 Å². The number of aromatic hydroxyl groups is 1. The molecular weight excluding hydrogens is 372 g/mol. The summed E-state index contributed by atoms with van der Waals surface area (Å²) >= 11 is 0. The highest BCUT2D eigenvalue weighted by molar-refractivity contribution is 5.84. The predicted octanol–water partition coefficient (Wildman–Crippen LogP) is 2.29. The van der Waals surface area contributed by atoms with Crippen LogP contribution in [-0.4, -0.2) is 38.2 Å². The van der Waals surface area contributed by atoms with Crippen molar-refractivity contribution in [3.63, 3.8) is 0 Å². The maximum absolute atomic E-state index is 14.2. The molecule has 1 aliphatic heterocycles. The molecule has 3 N–H and O–H groups in total. The fraction of sp³-hybridized carbons (Fsp3) is 0.368. The Hall–Kier alpha value is -2.78. The van der Waals surface area contributed by atoms with E-state index in [1.807, 2.05) is 0 Å². The number of ether oxygens (including phenoxy) is 1. The highest BCUT2D eigenvalue weighted by Crippen LogP contribution is 2.32. The molecule has 0 saturated carbocycles. The van der Waals surface area contributed by atoms with E-state index in [1.165, 1.54) is 10.7 Å². The lowest BCUT2D eigenvalue weighted by molar-refractivity contribution is 0.0604. The van der Waals surface area contributed by atoms with Gasteiger partial charge >= 0.3 is 0 Å². The van der Waals surface area contributed by atoms with Crippen molar-refractivity contribution in [1.82, 2.24) is 14.8 Å². The van der Waals surface area contributed by atoms with Crippen molar-refractivity contribution in [2.24, 2.45) is 5.92 Å². The number of halogens is 2. The van der Waals surface area contributed by atoms with Gasteiger partial charge in [-0.15, -0.1) is 0 Å². The van der Waals surface area contributed by atoms with Gasteiger partial charge in [0.05, 0.1) is 23.3 Å². The number of aromatic amines is 1. The molecule has 0 radical (unpaired) electrons. The number of H-pyrrole nitrogens is 1. The molecule has 0 aliphatic carbocycles. The van der Waals surface area contributed by atoms with Gasteiger partial charge in [-0.3, -0.25) is 4.79 Å². The summed E-state index contributed by atoms with van der Waals surface area (Å²) in [6.45, 7) is 1.19. The molecule has 0 spiro atoms. The third kappa shape index (κ3) is 3.06. The zero-order valence-corrected chi connectivity index (χ0v) is 14.9. The summed E-state index contributed by atoms with van der Waals surface area (Å²) in [5.41, 5.74) is -1.42. The van der Waals surface area contributed by atoms with Gasteiger partial charge in [-0.2, -0.15) is 5.10 Å². The van der Waals surface area contributed by atoms with Crippen LogP contribution in [0.2, 0.25) is 0 Å². The van der Waals surface area contributed by atoms with E-state index < -0.39 is 35.0 Å². The third-order valence-electron chi connectivity index (χ3n) is 5.08. The van der Waals surface area contributed by atoms with Crippen molar-refractivity contribution in [1.29, 1.82) is 0 Å². The molecule has 4 rings (SSSR count). The Labute approximate surface area is 158 Å². The van der Waals surface area contributed by atoms with Crippen LogP contribution in [0.4, 0.5) is 8.78 Å². The van der Waals surface area contributed by atoms with Crippen molar-refractivity contribution in [2.45, 2.75) is 26.0 Å². The Kier molecular flexibility index (Phi) is 4.86. The number of pyridine rings is 1. The first-order chi connectivity index (χ1) is 13.5. The molecule has 0 atom stereocenters. The largest absolute Gasteiger partial charge is 0.503 e. The van der Waals surface area contributed by atoms with Gasteiger partial charge in [-0.05, 0) is 30.9 Å². The van der Waals surface area contributed by atoms with Gasteiger partial charge in [0.1, 0.15) is 23.0 Å². The Morgan fingerprint density at radius 3 is 2.57 bits per heavy atom. The smallest absolute Gasteiger partial charge is 0.235 e. The number of hydrogen-bond acceptors (Lipinski definition) is 5. The average Bonchev–Trinajstić information content (AvgIpc) is 3.03. The molecule has 0 unspecified atom stereocenters. The summed E-state index contributed by atoms with van der Waals surface area (Å²) in [4.78, 5) is 15.5. The lowest BCUT2D eigenvalue weighted by Gasteiger charge is -2.22. The van der Waals surface area contributed by atoms with Gasteiger partial charge in [0.2, 0.25) is 5.43 Å². The van der Waals surface area contributed by atoms with Gasteiger partial charge in [0.15, 0.2) is 5.75 Å². The normalized spacial score (nSPS) is 15.4. The molecule has 1 aliphatic rings. The number of benzene rings is 1. The minimum atomic E-state index is -0.914. The summed E-state index contributed by atoms with van der Waals surface area (Å²) < 4.78 is 35.3. The van der Waals surface area contributed by atoms with Crippen molar-refractivity contribution >= 4 is 11.0 Å². The zero-order valence-electron chi connectivity index (χ0n) is 14.9. The van der Waals surface area contributed by atoms with Crippen LogP contribution in [-0.2, 0) is 17.9 Å². The van der Waals surface area contributed by atoms with E-state index >= 15 is 0 Å². The predicted molar refractivity (Wildman–Crippen MR) is 96.8 cm³/mol. The van der Waals surface area contributed by atoms with E-state index in [4.69, 9.17) is 4.74 Å². The lowest BCUT2D eigenvalue weighted by Crippen LogP contribution is -2.21. The highest BCUT2D eigenvalue weighted by Gasteiger charge is 2.25. The average molecular weight is 391 g/mol. The topological polar surface area (TPSA) is 100 Å². The molecule has 2 aromatic heterocycles. The van der Waals surface area contributed by atoms with Crippen molar-refractivity contribution < 1.29 is 23.7 Å². The number of aliphatic hydroxyl groups excluding tert-OH is 1. The number of aromatic nitrogens is 3. The van der Waals surface area contributed by atoms with Crippen molar-refractivity contribution in [2.75, 3.05) is 13.2 Å². The Morgan fingerprint density at radius 2 is 1.93 bits per heavy atom. The van der Waals surface area contributed by atoms with Gasteiger partial charge in [0, 0.05) is 19.8 Å². The SMILES string of the molecule is O=c1c(O)c(-c2c(F)cccc2F)[nH]c2c1c(CO)nn2CC1CCOCC1. The molecule has 1 aromatic carbocycles. The number of hydrogen-bond donors (Lipinski definition) is 3. The van der Waals surface area contributed by atoms with Crippen molar-refractivity contribution in [3.8, 4) is 17.0 Å². The molecule has 1 fully saturated rings. The molecule has 0 amide bonds. The van der Waals surface area contributed by atoms with Crippen molar-refractivity contribution in [3.05, 3.63) is 45.8 Å². The molecule has 1 saturated heterocycles. The summed E-state index contributed by atoms with van der Waals surface area (Å²) in [6, 6.07) is 3.28. The Balaban J connectivity index is 1.92. The first-order valence-electron chi connectivity index (χ1n) is 8.99. The second-order valence-corrected chi connectivity index (χ2v) is 6.84. The fourth-order valence-electron chi connectivity index (χ4n) is 3.62. The van der Waals surface area contributed by atoms with Crippen LogP contribution in [0.25, 0.3) is 22.3 Å². The first kappa shape index (κ1) is 18.6. The number of aliphatic hydroxyl groups is 1. The second-order valence-electron chi connectivity index (χ2n) is 6.84. The van der Waals surface area contributed by atoms with E-state index in [9.17, 15) is 23.8 Å². The minimum absolute atomic E-state index is 0.00700. The molecule has 28 heavy (non-hydrogen) atoms. The molecule has 148 valence electrons. The second kappa shape index (κ2) is 7.33. The molecule has 0 bridgehead atoms. The van der Waals surface area contributed by atoms with Crippen LogP contribution in [0.3, 0.4) is 0 Å². The summed E-state index contributed by atoms with van der Waals surface area (Å²) in [5.74, 6) is -2.41. The maximum atomic E-state index is 14.2. The summed E-state index contributed by atoms with van der Waals surface area (Å²) in [5, 5.41) is 24.2. The van der Waals surface area contributed by atoms with Gasteiger partial charge in [-0.1, -0.05) is 6.07 Å². The monoisotopic (exact) mass is 391 g/mol. The third-order valence-corrected chi connectivity index (χ3v) is 5.08. The molecule has 3 heterocycles. The lowest BCUT2D eigenvalue weighted by atomic mass is 10.0. The van der Waals surface area contributed by atoms with Crippen LogP contribution in [0, 0.1) is 17.6 Å². The van der Waals surface area contributed by atoms with Gasteiger partial charge in [0.25, 0.3) is 0 Å². The number of nitrogens with one attached hydrogen (secondary N) is 1. The van der Waals surface area contributed by atoms with Gasteiger partial charge in [-0.25, -0.2) is 13.5 Å². The highest BCUT2D eigenvalue weighted by atomic mass is 19.1. The Bertz CT molecular complexity index is 1070. The van der Waals surface area contributed by atoms with Crippen LogP contribution >= 0.6 is 0 Å². The van der Waals surface area contributed by atoms with Crippen LogP contribution in [0.1, 0.15) is 18.5 Å². The zero-order chi connectivity index (χ0) is 19.8. The van der Waals surface area contributed by atoms with E-state index in [0.717, 1.165) is 25.0 Å². The number of rotatable bonds is 4. The van der Waals surface area contributed by atoms with Crippen LogP contribution in [0.5, 0.6) is 5.75 Å². The summed E-state index contributed by atoms with van der Waals surface area (Å²) in [7, 11) is 0. The van der Waals surface area contributed by atoms with Crippen LogP contribution in [0.15, 0.2) is 23.0 Å². The molecule has 9 heteroatoms. The molecule has 7 nitrogen and oxygen atoms in total.